The number of benzene rings is 1. The zero-order valence-electron chi connectivity index (χ0n) is 9.67. The molecule has 96 valence electrons. The predicted molar refractivity (Wildman–Crippen MR) is 72.4 cm³/mol. The number of hydrogen-bond donors (Lipinski definition) is 1. The van der Waals surface area contributed by atoms with Crippen LogP contribution in [0.4, 0.5) is 0 Å². The zero-order valence-corrected chi connectivity index (χ0v) is 12.2. The quantitative estimate of drug-likeness (QED) is 0.677. The molecule has 7 heteroatoms. The molecule has 1 aromatic carbocycles. The molecule has 5 nitrogen and oxygen atoms in total. The van der Waals surface area contributed by atoms with E-state index >= 15 is 0 Å². The molecule has 0 atom stereocenters. The third-order valence-corrected chi connectivity index (χ3v) is 6.50. The van der Waals surface area contributed by atoms with E-state index < -0.39 is 7.59 Å². The topological polar surface area (TPSA) is 52.2 Å². The third kappa shape index (κ3) is 2.26. The van der Waals surface area contributed by atoms with Gasteiger partial charge in [-0.15, -0.1) is 0 Å². The van der Waals surface area contributed by atoms with Gasteiger partial charge in [-0.2, -0.15) is 0 Å². The molecule has 0 radical (unpaired) electrons. The minimum absolute atomic E-state index is 0.287. The maximum absolute atomic E-state index is 12.7. The molecule has 2 aliphatic heterocycles. The standard InChI is InChI=1S/C11H13BrN3O2P/c12-10-4-2-1-3-9(10)11(16)13-18(17,14-5-6-14)15-7-8-15/h1-4H,5-8H2,(H,13,16,17). The van der Waals surface area contributed by atoms with Crippen LogP contribution in [-0.4, -0.2) is 41.4 Å². The first kappa shape index (κ1) is 12.4. The fourth-order valence-electron chi connectivity index (χ4n) is 1.79. The molecule has 2 aliphatic rings. The molecule has 2 saturated heterocycles. The highest BCUT2D eigenvalue weighted by Gasteiger charge is 2.49. The van der Waals surface area contributed by atoms with E-state index in [2.05, 4.69) is 21.0 Å². The molecule has 3 rings (SSSR count). The molecule has 1 amide bonds. The second kappa shape index (κ2) is 4.46. The van der Waals surface area contributed by atoms with Crippen molar-refractivity contribution in [3.63, 3.8) is 0 Å². The number of hydrogen-bond acceptors (Lipinski definition) is 2. The summed E-state index contributed by atoms with van der Waals surface area (Å²) in [5.41, 5.74) is 0.515. The fraction of sp³-hybridized carbons (Fsp3) is 0.364. The van der Waals surface area contributed by atoms with Gasteiger partial charge in [0.1, 0.15) is 0 Å². The lowest BCUT2D eigenvalue weighted by Gasteiger charge is -2.21. The summed E-state index contributed by atoms with van der Waals surface area (Å²) in [7, 11) is -2.84. The summed E-state index contributed by atoms with van der Waals surface area (Å²) in [6.07, 6.45) is 0. The van der Waals surface area contributed by atoms with Crippen LogP contribution in [0.5, 0.6) is 0 Å². The molecule has 0 saturated carbocycles. The molecule has 2 fully saturated rings. The van der Waals surface area contributed by atoms with Gasteiger partial charge >= 0.3 is 7.59 Å². The smallest absolute Gasteiger partial charge is 0.279 e. The zero-order chi connectivity index (χ0) is 12.8. The Kier molecular flexibility index (Phi) is 3.06. The highest BCUT2D eigenvalue weighted by Crippen LogP contribution is 2.56. The summed E-state index contributed by atoms with van der Waals surface area (Å²) in [6.45, 7) is 3.18. The number of halogens is 1. The Balaban J connectivity index is 1.81. The van der Waals surface area contributed by atoms with Crippen LogP contribution < -0.4 is 5.09 Å². The van der Waals surface area contributed by atoms with Crippen molar-refractivity contribution in [1.29, 1.82) is 0 Å². The Labute approximate surface area is 114 Å². The minimum atomic E-state index is -2.84. The highest BCUT2D eigenvalue weighted by molar-refractivity contribution is 9.10. The summed E-state index contributed by atoms with van der Waals surface area (Å²) in [6, 6.07) is 7.15. The molecule has 18 heavy (non-hydrogen) atoms. The van der Waals surface area contributed by atoms with Crippen molar-refractivity contribution >= 4 is 29.4 Å². The second-order valence-corrected chi connectivity index (χ2v) is 7.67. The van der Waals surface area contributed by atoms with E-state index in [9.17, 15) is 9.36 Å². The van der Waals surface area contributed by atoms with Gasteiger partial charge in [-0.3, -0.25) is 14.4 Å². The van der Waals surface area contributed by atoms with Crippen molar-refractivity contribution in [2.75, 3.05) is 26.2 Å². The van der Waals surface area contributed by atoms with E-state index in [-0.39, 0.29) is 5.91 Å². The molecule has 0 bridgehead atoms. The molecule has 0 spiro atoms. The Morgan fingerprint density at radius 2 is 1.72 bits per heavy atom. The van der Waals surface area contributed by atoms with Gasteiger partial charge in [0.05, 0.1) is 5.56 Å². The molecule has 0 unspecified atom stereocenters. The highest BCUT2D eigenvalue weighted by atomic mass is 79.9. The molecular formula is C11H13BrN3O2P. The first-order valence-corrected chi connectivity index (χ1v) is 8.20. The van der Waals surface area contributed by atoms with E-state index in [0.717, 1.165) is 26.2 Å². The second-order valence-electron chi connectivity index (χ2n) is 4.37. The molecule has 2 heterocycles. The third-order valence-electron chi connectivity index (χ3n) is 2.98. The maximum Gasteiger partial charge on any atom is 0.311 e. The van der Waals surface area contributed by atoms with Crippen molar-refractivity contribution in [3.8, 4) is 0 Å². The summed E-state index contributed by atoms with van der Waals surface area (Å²) < 4.78 is 17.1. The number of rotatable bonds is 4. The molecular weight excluding hydrogens is 317 g/mol. The Hall–Kier alpha value is -0.680. The number of nitrogens with one attached hydrogen (secondary N) is 1. The van der Waals surface area contributed by atoms with Crippen LogP contribution in [0.25, 0.3) is 0 Å². The van der Waals surface area contributed by atoms with Crippen LogP contribution in [0.15, 0.2) is 28.7 Å². The largest absolute Gasteiger partial charge is 0.311 e. The van der Waals surface area contributed by atoms with Crippen molar-refractivity contribution in [2.45, 2.75) is 0 Å². The van der Waals surface area contributed by atoms with Crippen LogP contribution in [0.1, 0.15) is 10.4 Å². The van der Waals surface area contributed by atoms with Crippen LogP contribution in [0.3, 0.4) is 0 Å². The van der Waals surface area contributed by atoms with Gasteiger partial charge in [0, 0.05) is 30.7 Å². The Morgan fingerprint density at radius 3 is 2.22 bits per heavy atom. The Morgan fingerprint density at radius 1 is 1.17 bits per heavy atom. The average molecular weight is 330 g/mol. The summed E-state index contributed by atoms with van der Waals surface area (Å²) >= 11 is 3.33. The summed E-state index contributed by atoms with van der Waals surface area (Å²) in [4.78, 5) is 12.2. The van der Waals surface area contributed by atoms with Gasteiger partial charge in [0.2, 0.25) is 0 Å². The van der Waals surface area contributed by atoms with E-state index in [1.54, 1.807) is 18.2 Å². The SMILES string of the molecule is O=C(NP(=O)(N1CC1)N1CC1)c1ccccc1Br. The number of carbonyl (C=O) groups is 1. The van der Waals surface area contributed by atoms with Gasteiger partial charge in [-0.05, 0) is 28.1 Å². The van der Waals surface area contributed by atoms with Gasteiger partial charge in [0.15, 0.2) is 0 Å². The van der Waals surface area contributed by atoms with Crippen molar-refractivity contribution in [3.05, 3.63) is 34.3 Å². The normalized spacial score (nSPS) is 19.6. The lowest BCUT2D eigenvalue weighted by atomic mass is 10.2. The Bertz CT molecular complexity index is 527. The van der Waals surface area contributed by atoms with Crippen LogP contribution >= 0.6 is 23.5 Å². The van der Waals surface area contributed by atoms with Crippen molar-refractivity contribution in [2.24, 2.45) is 0 Å². The molecule has 1 aromatic rings. The van der Waals surface area contributed by atoms with Crippen LogP contribution in [-0.2, 0) is 4.57 Å². The fourth-order valence-corrected chi connectivity index (χ4v) is 4.54. The number of amides is 1. The van der Waals surface area contributed by atoms with E-state index in [0.29, 0.717) is 10.0 Å². The van der Waals surface area contributed by atoms with E-state index in [1.165, 1.54) is 0 Å². The minimum Gasteiger partial charge on any atom is -0.279 e. The summed E-state index contributed by atoms with van der Waals surface area (Å²) in [5.74, 6) is -0.287. The lowest BCUT2D eigenvalue weighted by Crippen LogP contribution is -2.27. The number of carbonyl (C=O) groups excluding carboxylic acids is 1. The van der Waals surface area contributed by atoms with E-state index in [1.807, 2.05) is 15.4 Å². The maximum atomic E-state index is 12.7. The van der Waals surface area contributed by atoms with Gasteiger partial charge < -0.3 is 0 Å². The molecule has 0 aliphatic carbocycles. The van der Waals surface area contributed by atoms with Crippen LogP contribution in [0, 0.1) is 0 Å². The van der Waals surface area contributed by atoms with Gasteiger partial charge in [0.25, 0.3) is 5.91 Å². The lowest BCUT2D eigenvalue weighted by molar-refractivity contribution is 0.0977. The average Bonchev–Trinajstić information content (AvgIpc) is 3.18. The first-order chi connectivity index (χ1) is 8.61. The van der Waals surface area contributed by atoms with E-state index in [4.69, 9.17) is 0 Å². The summed E-state index contributed by atoms with van der Waals surface area (Å²) in [5, 5.41) is 2.71. The molecule has 1 N–H and O–H groups in total. The van der Waals surface area contributed by atoms with Crippen LogP contribution in [0.2, 0.25) is 0 Å². The number of nitrogens with zero attached hydrogens (tertiary/aromatic N) is 2. The predicted octanol–water partition coefficient (Wildman–Crippen LogP) is 1.92. The first-order valence-electron chi connectivity index (χ1n) is 5.79. The molecule has 0 aromatic heterocycles. The van der Waals surface area contributed by atoms with Gasteiger partial charge in [-0.1, -0.05) is 12.1 Å². The van der Waals surface area contributed by atoms with Crippen molar-refractivity contribution < 1.29 is 9.36 Å². The monoisotopic (exact) mass is 329 g/mol. The van der Waals surface area contributed by atoms with Crippen molar-refractivity contribution in [1.82, 2.24) is 14.4 Å². The van der Waals surface area contributed by atoms with Gasteiger partial charge in [-0.25, -0.2) is 9.34 Å².